The van der Waals surface area contributed by atoms with E-state index >= 15 is 4.39 Å². The fourth-order valence-corrected chi connectivity index (χ4v) is 7.43. The summed E-state index contributed by atoms with van der Waals surface area (Å²) >= 11 is 0. The number of aliphatic imine (C=N–C) groups is 2. The fraction of sp³-hybridized carbons (Fsp3) is 0.433. The van der Waals surface area contributed by atoms with Crippen LogP contribution in [-0.2, 0) is 4.79 Å². The molecule has 1 amide bonds. The molecule has 1 spiro atoms. The number of hydrogen-bond donors (Lipinski definition) is 3. The van der Waals surface area contributed by atoms with Crippen molar-refractivity contribution >= 4 is 24.0 Å². The number of ether oxygens (including phenoxy) is 2. The molecular formula is C30H36FN6O4+. The van der Waals surface area contributed by atoms with E-state index in [1.54, 1.807) is 25.5 Å². The molecule has 1 aliphatic carbocycles. The zero-order valence-electron chi connectivity index (χ0n) is 23.8. The van der Waals surface area contributed by atoms with Crippen LogP contribution in [0.15, 0.2) is 68.7 Å². The molecule has 7 unspecified atom stereocenters. The average molecular weight is 564 g/mol. The summed E-state index contributed by atoms with van der Waals surface area (Å²) in [6, 6.07) is 2.58. The Balaban J connectivity index is 1.54. The number of hydrogen-bond acceptors (Lipinski definition) is 9. The zero-order chi connectivity index (χ0) is 29.2. The van der Waals surface area contributed by atoms with E-state index in [1.165, 1.54) is 26.5 Å². The number of nitrogens with zero attached hydrogens (tertiary/aromatic N) is 4. The summed E-state index contributed by atoms with van der Waals surface area (Å²) in [4.78, 5) is 24.5. The maximum absolute atomic E-state index is 15.8. The van der Waals surface area contributed by atoms with E-state index in [1.807, 2.05) is 24.0 Å². The first-order valence-electron chi connectivity index (χ1n) is 13.8. The van der Waals surface area contributed by atoms with Gasteiger partial charge in [-0.2, -0.15) is 0 Å². The van der Waals surface area contributed by atoms with E-state index in [2.05, 4.69) is 17.2 Å². The minimum absolute atomic E-state index is 0.0523. The van der Waals surface area contributed by atoms with Crippen LogP contribution in [0, 0.1) is 11.7 Å². The third-order valence-corrected chi connectivity index (χ3v) is 9.35. The second-order valence-electron chi connectivity index (χ2n) is 11.2. The predicted octanol–water partition coefficient (Wildman–Crippen LogP) is 2.17. The van der Waals surface area contributed by atoms with Crippen LogP contribution in [0.1, 0.15) is 20.3 Å². The largest absolute Gasteiger partial charge is 0.497 e. The first-order valence-corrected chi connectivity index (χ1v) is 13.8. The van der Waals surface area contributed by atoms with Crippen molar-refractivity contribution in [3.8, 4) is 11.5 Å². The third kappa shape index (κ3) is 3.78. The number of nitrogens with two attached hydrogens (primary N) is 1. The first-order chi connectivity index (χ1) is 19.7. The molecule has 1 aromatic rings. The number of carbonyl (C=O) groups excluding carboxylic acids is 1. The Morgan fingerprint density at radius 3 is 2.78 bits per heavy atom. The molecule has 4 aliphatic heterocycles. The van der Waals surface area contributed by atoms with Crippen LogP contribution in [0.25, 0.3) is 0 Å². The Morgan fingerprint density at radius 1 is 1.32 bits per heavy atom. The molecule has 3 fully saturated rings. The molecule has 10 nitrogen and oxygen atoms in total. The molecule has 4 heterocycles. The summed E-state index contributed by atoms with van der Waals surface area (Å²) in [7, 11) is 4.62. The van der Waals surface area contributed by atoms with Crippen LogP contribution in [0.3, 0.4) is 0 Å². The minimum atomic E-state index is -1.07. The number of fused-ring (bicyclic) bond motifs is 1. The molecule has 41 heavy (non-hydrogen) atoms. The highest BCUT2D eigenvalue weighted by molar-refractivity contribution is 5.90. The van der Waals surface area contributed by atoms with Crippen LogP contribution >= 0.6 is 0 Å². The maximum Gasteiger partial charge on any atom is 0.343 e. The van der Waals surface area contributed by atoms with Crippen molar-refractivity contribution in [3.05, 3.63) is 64.5 Å². The van der Waals surface area contributed by atoms with E-state index in [4.69, 9.17) is 20.2 Å². The van der Waals surface area contributed by atoms with E-state index < -0.39 is 11.9 Å². The van der Waals surface area contributed by atoms with Crippen molar-refractivity contribution in [1.29, 1.82) is 0 Å². The van der Waals surface area contributed by atoms with Gasteiger partial charge in [-0.1, -0.05) is 6.92 Å². The van der Waals surface area contributed by atoms with Crippen LogP contribution < -0.4 is 25.4 Å². The van der Waals surface area contributed by atoms with E-state index in [9.17, 15) is 9.90 Å². The number of benzene rings is 1. The quantitative estimate of drug-likeness (QED) is 0.285. The summed E-state index contributed by atoms with van der Waals surface area (Å²) < 4.78 is 26.8. The van der Waals surface area contributed by atoms with Gasteiger partial charge in [-0.25, -0.2) is 13.7 Å². The molecule has 5 aliphatic rings. The Labute approximate surface area is 238 Å². The van der Waals surface area contributed by atoms with Crippen LogP contribution in [0.5, 0.6) is 11.5 Å². The summed E-state index contributed by atoms with van der Waals surface area (Å²) in [6.45, 7) is 4.35. The van der Waals surface area contributed by atoms with Crippen LogP contribution in [0.4, 0.5) is 10.1 Å². The SMILES string of the molecule is CN=CC(=CN)C1C=NC2=CC=C(C)N(c3cc(OC)cc(OC)c3F)CC3CC(O)C(=O)[N+]34C3C(=C2N1)C(C)C34. The van der Waals surface area contributed by atoms with Crippen molar-refractivity contribution in [2.45, 2.75) is 50.5 Å². The number of anilines is 1. The lowest BCUT2D eigenvalue weighted by Crippen LogP contribution is -2.46. The number of aliphatic hydroxyl groups is 1. The zero-order valence-corrected chi connectivity index (χ0v) is 23.8. The summed E-state index contributed by atoms with van der Waals surface area (Å²) in [6.07, 6.45) is 8.04. The first kappa shape index (κ1) is 27.2. The van der Waals surface area contributed by atoms with Crippen molar-refractivity contribution in [2.24, 2.45) is 21.6 Å². The number of rotatable bonds is 5. The lowest BCUT2D eigenvalue weighted by Gasteiger charge is -2.31. The number of halogens is 1. The average Bonchev–Trinajstić information content (AvgIpc) is 3.53. The topological polar surface area (TPSA) is 122 Å². The molecule has 0 aromatic heterocycles. The highest BCUT2D eigenvalue weighted by Crippen LogP contribution is 2.66. The molecule has 4 N–H and O–H groups in total. The van der Waals surface area contributed by atoms with E-state index in [0.717, 1.165) is 22.5 Å². The Bertz CT molecular complexity index is 1500. The van der Waals surface area contributed by atoms with Crippen molar-refractivity contribution in [2.75, 3.05) is 32.7 Å². The second kappa shape index (κ2) is 9.85. The lowest BCUT2D eigenvalue weighted by atomic mass is 9.78. The second-order valence-corrected chi connectivity index (χ2v) is 11.2. The summed E-state index contributed by atoms with van der Waals surface area (Å²) in [5.74, 6) is -0.0966. The third-order valence-electron chi connectivity index (χ3n) is 9.35. The number of aliphatic hydroxyl groups excluding tert-OH is 1. The van der Waals surface area contributed by atoms with Gasteiger partial charge in [0, 0.05) is 67.0 Å². The Morgan fingerprint density at radius 2 is 2.10 bits per heavy atom. The van der Waals surface area contributed by atoms with Crippen molar-refractivity contribution in [1.82, 2.24) is 5.32 Å². The molecule has 1 saturated carbocycles. The maximum atomic E-state index is 15.8. The van der Waals surface area contributed by atoms with E-state index in [0.29, 0.717) is 24.4 Å². The van der Waals surface area contributed by atoms with Gasteiger partial charge in [0.05, 0.1) is 43.9 Å². The van der Waals surface area contributed by atoms with Crippen LogP contribution in [-0.4, -0.2) is 86.0 Å². The van der Waals surface area contributed by atoms with Crippen LogP contribution in [0.2, 0.25) is 0 Å². The molecule has 1 aromatic carbocycles. The highest BCUT2D eigenvalue weighted by Gasteiger charge is 2.87. The molecule has 11 heteroatoms. The monoisotopic (exact) mass is 563 g/mol. The Kier molecular flexibility index (Phi) is 6.54. The normalized spacial score (nSPS) is 34.1. The van der Waals surface area contributed by atoms with Gasteiger partial charge >= 0.3 is 5.91 Å². The van der Waals surface area contributed by atoms with Gasteiger partial charge in [-0.15, -0.1) is 0 Å². The van der Waals surface area contributed by atoms with Gasteiger partial charge in [0.1, 0.15) is 11.8 Å². The molecular weight excluding hydrogens is 527 g/mol. The molecule has 0 bridgehead atoms. The smallest absolute Gasteiger partial charge is 0.343 e. The summed E-state index contributed by atoms with van der Waals surface area (Å²) in [5.41, 5.74) is 10.4. The number of quaternary nitrogens is 1. The molecule has 6 rings (SSSR count). The van der Waals surface area contributed by atoms with Gasteiger partial charge in [0.25, 0.3) is 0 Å². The standard InChI is InChI=1S/C30H36FN6O4/c1-15-6-7-20-27(35-21(13-34-20)17(11-32)12-33-3)25-16(2)28-29(25)37(28)18(8-23(38)30(37)39)14-36(15)22-9-19(40-4)10-24(41-5)26(22)31/h6-7,9-13,16,18,21,23,28-29,35,38H,8,14,32H2,1-5H3/q+1. The van der Waals surface area contributed by atoms with Crippen molar-refractivity contribution in [3.63, 3.8) is 0 Å². The lowest BCUT2D eigenvalue weighted by molar-refractivity contribution is -0.757. The predicted molar refractivity (Wildman–Crippen MR) is 154 cm³/mol. The molecule has 216 valence electrons. The molecule has 0 radical (unpaired) electrons. The van der Waals surface area contributed by atoms with Gasteiger partial charge in [0.2, 0.25) is 0 Å². The minimum Gasteiger partial charge on any atom is -0.497 e. The van der Waals surface area contributed by atoms with E-state index in [-0.39, 0.29) is 51.9 Å². The number of methoxy groups -OCH3 is 2. The number of carbonyl (C=O) groups is 1. The highest BCUT2D eigenvalue weighted by atomic mass is 19.1. The van der Waals surface area contributed by atoms with Gasteiger partial charge in [-0.05, 0) is 19.1 Å². The Hall–Kier alpha value is -3.96. The van der Waals surface area contributed by atoms with Crippen molar-refractivity contribution < 1.29 is 28.2 Å². The molecule has 7 atom stereocenters. The number of allylic oxidation sites excluding steroid dienone is 3. The van der Waals surface area contributed by atoms with Gasteiger partial charge in [0.15, 0.2) is 29.8 Å². The number of amides is 1. The molecule has 2 saturated heterocycles. The fourth-order valence-electron chi connectivity index (χ4n) is 7.43. The van der Waals surface area contributed by atoms with Gasteiger partial charge < -0.3 is 30.5 Å². The van der Waals surface area contributed by atoms with Gasteiger partial charge in [-0.3, -0.25) is 9.98 Å². The summed E-state index contributed by atoms with van der Waals surface area (Å²) in [5, 5.41) is 14.5. The number of nitrogens with one attached hydrogen (secondary N) is 1.